The lowest BCUT2D eigenvalue weighted by Gasteiger charge is -2.35. The highest BCUT2D eigenvalue weighted by molar-refractivity contribution is 7.13. The smallest absolute Gasteiger partial charge is 0.244 e. The first-order valence-electron chi connectivity index (χ1n) is 11.2. The second-order valence-electron chi connectivity index (χ2n) is 8.68. The predicted octanol–water partition coefficient (Wildman–Crippen LogP) is 4.54. The van der Waals surface area contributed by atoms with Crippen LogP contribution in [0, 0.1) is 11.8 Å². The molecule has 1 N–H and O–H groups in total. The molecule has 0 radical (unpaired) electrons. The molecule has 1 aromatic heterocycles. The summed E-state index contributed by atoms with van der Waals surface area (Å²) in [6.45, 7) is 6.08. The zero-order valence-corrected chi connectivity index (χ0v) is 19.5. The maximum atomic E-state index is 12.1. The molecule has 32 heavy (non-hydrogen) atoms. The molecule has 166 valence electrons. The first kappa shape index (κ1) is 21.4. The van der Waals surface area contributed by atoms with Gasteiger partial charge in [-0.3, -0.25) is 9.69 Å². The van der Waals surface area contributed by atoms with Crippen LogP contribution < -0.4 is 10.2 Å². The van der Waals surface area contributed by atoms with Gasteiger partial charge in [0, 0.05) is 55.8 Å². The fraction of sp³-hybridized carbons (Fsp3) is 0.360. The summed E-state index contributed by atoms with van der Waals surface area (Å²) in [4.78, 5) is 17.1. The number of nitrogens with one attached hydrogen (secondary N) is 1. The highest BCUT2D eigenvalue weighted by Gasteiger charge is 2.38. The van der Waals surface area contributed by atoms with Gasteiger partial charge >= 0.3 is 0 Å². The second-order valence-corrected chi connectivity index (χ2v) is 9.92. The number of carbonyl (C=O) groups is 1. The molecule has 0 bridgehead atoms. The predicted molar refractivity (Wildman–Crippen MR) is 133 cm³/mol. The SMILES string of the molecule is O=C(/C=C/c1cccc(Cl)c1)NC[C@H]1C[C@@H]1CN1CCN(c2nsc3ccccc23)CC1. The molecule has 5 rings (SSSR count). The van der Waals surface area contributed by atoms with Gasteiger partial charge in [-0.2, -0.15) is 4.37 Å². The Balaban J connectivity index is 1.03. The minimum atomic E-state index is -0.0419. The van der Waals surface area contributed by atoms with E-state index in [4.69, 9.17) is 16.0 Å². The van der Waals surface area contributed by atoms with E-state index in [-0.39, 0.29) is 5.91 Å². The number of carbonyl (C=O) groups excluding carboxylic acids is 1. The Labute approximate surface area is 197 Å². The molecule has 0 unspecified atom stereocenters. The molecule has 1 saturated heterocycles. The van der Waals surface area contributed by atoms with E-state index >= 15 is 0 Å². The van der Waals surface area contributed by atoms with Crippen molar-refractivity contribution in [2.75, 3.05) is 44.2 Å². The summed E-state index contributed by atoms with van der Waals surface area (Å²) in [5.74, 6) is 2.39. The van der Waals surface area contributed by atoms with Crippen LogP contribution in [0.4, 0.5) is 5.82 Å². The zero-order chi connectivity index (χ0) is 21.9. The average molecular weight is 467 g/mol. The lowest BCUT2D eigenvalue weighted by atomic mass is 10.2. The third kappa shape index (κ3) is 5.14. The van der Waals surface area contributed by atoms with E-state index in [1.54, 1.807) is 23.7 Å². The number of nitrogens with zero attached hydrogens (tertiary/aromatic N) is 3. The number of benzene rings is 2. The Bertz CT molecular complexity index is 1120. The molecule has 5 nitrogen and oxygen atoms in total. The highest BCUT2D eigenvalue weighted by atomic mass is 35.5. The van der Waals surface area contributed by atoms with Crippen LogP contribution in [-0.2, 0) is 4.79 Å². The molecule has 3 aromatic rings. The van der Waals surface area contributed by atoms with Crippen molar-refractivity contribution in [2.24, 2.45) is 11.8 Å². The number of amides is 1. The number of rotatable bonds is 7. The third-order valence-electron chi connectivity index (χ3n) is 6.41. The van der Waals surface area contributed by atoms with Gasteiger partial charge < -0.3 is 10.2 Å². The van der Waals surface area contributed by atoms with Gasteiger partial charge in [-0.25, -0.2) is 0 Å². The van der Waals surface area contributed by atoms with Crippen molar-refractivity contribution >= 4 is 51.0 Å². The largest absolute Gasteiger partial charge is 0.353 e. The van der Waals surface area contributed by atoms with E-state index in [0.29, 0.717) is 16.9 Å². The number of aromatic nitrogens is 1. The molecule has 1 aliphatic heterocycles. The molecular weight excluding hydrogens is 440 g/mol. The molecule has 7 heteroatoms. The molecule has 1 amide bonds. The minimum Gasteiger partial charge on any atom is -0.353 e. The molecule has 2 atom stereocenters. The van der Waals surface area contributed by atoms with Crippen LogP contribution >= 0.6 is 23.1 Å². The van der Waals surface area contributed by atoms with Gasteiger partial charge in [-0.1, -0.05) is 35.9 Å². The maximum absolute atomic E-state index is 12.1. The van der Waals surface area contributed by atoms with Crippen LogP contribution in [-0.4, -0.2) is 54.4 Å². The molecule has 2 aliphatic rings. The van der Waals surface area contributed by atoms with Crippen LogP contribution in [0.5, 0.6) is 0 Å². The van der Waals surface area contributed by atoms with Crippen molar-refractivity contribution in [3.63, 3.8) is 0 Å². The minimum absolute atomic E-state index is 0.0419. The average Bonchev–Trinajstić information content (AvgIpc) is 3.41. The number of anilines is 1. The van der Waals surface area contributed by atoms with Gasteiger partial charge in [0.15, 0.2) is 0 Å². The Kier molecular flexibility index (Phi) is 6.44. The van der Waals surface area contributed by atoms with E-state index in [1.165, 1.54) is 16.5 Å². The van der Waals surface area contributed by atoms with Crippen molar-refractivity contribution in [3.05, 3.63) is 65.2 Å². The van der Waals surface area contributed by atoms with Crippen molar-refractivity contribution in [3.8, 4) is 0 Å². The van der Waals surface area contributed by atoms with E-state index in [1.807, 2.05) is 24.3 Å². The Hall–Kier alpha value is -2.41. The maximum Gasteiger partial charge on any atom is 0.244 e. The molecule has 1 saturated carbocycles. The van der Waals surface area contributed by atoms with Crippen LogP contribution in [0.15, 0.2) is 54.6 Å². The van der Waals surface area contributed by atoms with Gasteiger partial charge in [0.05, 0.1) is 4.70 Å². The summed E-state index contributed by atoms with van der Waals surface area (Å²) in [5, 5.41) is 4.99. The van der Waals surface area contributed by atoms with Gasteiger partial charge in [0.2, 0.25) is 5.91 Å². The van der Waals surface area contributed by atoms with Crippen LogP contribution in [0.3, 0.4) is 0 Å². The second kappa shape index (κ2) is 9.61. The fourth-order valence-corrected chi connectivity index (χ4v) is 5.43. The van der Waals surface area contributed by atoms with Gasteiger partial charge in [0.1, 0.15) is 5.82 Å². The number of halogens is 1. The highest BCUT2D eigenvalue weighted by Crippen LogP contribution is 2.39. The van der Waals surface area contributed by atoms with E-state index in [9.17, 15) is 4.79 Å². The summed E-state index contributed by atoms with van der Waals surface area (Å²) in [7, 11) is 0. The van der Waals surface area contributed by atoms with Crippen LogP contribution in [0.1, 0.15) is 12.0 Å². The lowest BCUT2D eigenvalue weighted by molar-refractivity contribution is -0.116. The lowest BCUT2D eigenvalue weighted by Crippen LogP contribution is -2.47. The monoisotopic (exact) mass is 466 g/mol. The van der Waals surface area contributed by atoms with Gasteiger partial charge in [-0.05, 0) is 65.7 Å². The zero-order valence-electron chi connectivity index (χ0n) is 17.9. The van der Waals surface area contributed by atoms with E-state index in [2.05, 4.69) is 39.4 Å². The van der Waals surface area contributed by atoms with Gasteiger partial charge in [0.25, 0.3) is 0 Å². The molecule has 2 aromatic carbocycles. The number of hydrogen-bond donors (Lipinski definition) is 1. The molecular formula is C25H27ClN4OS. The molecule has 0 spiro atoms. The Morgan fingerprint density at radius 1 is 1.12 bits per heavy atom. The van der Waals surface area contributed by atoms with E-state index in [0.717, 1.165) is 50.6 Å². The first-order valence-corrected chi connectivity index (χ1v) is 12.3. The number of piperazine rings is 1. The van der Waals surface area contributed by atoms with Gasteiger partial charge in [-0.15, -0.1) is 0 Å². The summed E-state index contributed by atoms with van der Waals surface area (Å²) in [6.07, 6.45) is 4.59. The topological polar surface area (TPSA) is 48.5 Å². The molecule has 2 heterocycles. The fourth-order valence-electron chi connectivity index (χ4n) is 4.43. The summed E-state index contributed by atoms with van der Waals surface area (Å²) < 4.78 is 5.97. The Morgan fingerprint density at radius 2 is 1.97 bits per heavy atom. The summed E-state index contributed by atoms with van der Waals surface area (Å²) in [6, 6.07) is 16.0. The Morgan fingerprint density at radius 3 is 2.81 bits per heavy atom. The number of hydrogen-bond acceptors (Lipinski definition) is 5. The molecule has 2 fully saturated rings. The van der Waals surface area contributed by atoms with Crippen molar-refractivity contribution in [1.29, 1.82) is 0 Å². The normalized spacial score (nSPS) is 21.3. The van der Waals surface area contributed by atoms with E-state index < -0.39 is 0 Å². The van der Waals surface area contributed by atoms with Crippen LogP contribution in [0.25, 0.3) is 16.2 Å². The number of fused-ring (bicyclic) bond motifs is 1. The van der Waals surface area contributed by atoms with Crippen molar-refractivity contribution in [1.82, 2.24) is 14.6 Å². The third-order valence-corrected chi connectivity index (χ3v) is 7.46. The van der Waals surface area contributed by atoms with Crippen molar-refractivity contribution in [2.45, 2.75) is 6.42 Å². The first-order chi connectivity index (χ1) is 15.7. The standard InChI is InChI=1S/C25H27ClN4OS/c26-21-5-3-4-18(14-21)8-9-24(31)27-16-19-15-20(19)17-29-10-12-30(13-11-29)25-22-6-1-2-7-23(22)32-28-25/h1-9,14,19-20H,10-13,15-17H2,(H,27,31)/b9-8+/t19-,20-/m1/s1. The van der Waals surface area contributed by atoms with Crippen LogP contribution in [0.2, 0.25) is 5.02 Å². The summed E-state index contributed by atoms with van der Waals surface area (Å²) in [5.41, 5.74) is 0.932. The summed E-state index contributed by atoms with van der Waals surface area (Å²) >= 11 is 7.57. The quantitative estimate of drug-likeness (QED) is 0.519. The molecule has 1 aliphatic carbocycles. The van der Waals surface area contributed by atoms with Crippen molar-refractivity contribution < 1.29 is 4.79 Å².